The Balaban J connectivity index is 3.30. The normalized spacial score (nSPS) is 9.12. The van der Waals surface area contributed by atoms with Gasteiger partial charge in [0, 0.05) is 5.56 Å². The molecular formula is C11H11NO4. The Morgan fingerprint density at radius 3 is 2.50 bits per heavy atom. The molecule has 0 aliphatic heterocycles. The Morgan fingerprint density at radius 1 is 1.31 bits per heavy atom. The van der Waals surface area contributed by atoms with Crippen LogP contribution < -0.4 is 9.47 Å². The number of carbonyl (C=O) groups excluding carboxylic acids is 2. The minimum atomic E-state index is 0.141. The standard InChI is InChI=1S/C11H11NO4/c1-15-10-8(5-12-7-14)3-4-9(6-13)11(10)16-2/h3-4,6H,5H2,1-2H3. The van der Waals surface area contributed by atoms with Gasteiger partial charge in [0.05, 0.1) is 26.3 Å². The summed E-state index contributed by atoms with van der Waals surface area (Å²) in [6, 6.07) is 3.25. The first-order valence-electron chi connectivity index (χ1n) is 4.51. The topological polar surface area (TPSA) is 65.0 Å². The summed E-state index contributed by atoms with van der Waals surface area (Å²) in [6.45, 7) is 0.141. The van der Waals surface area contributed by atoms with Gasteiger partial charge in [-0.1, -0.05) is 6.07 Å². The molecule has 0 fully saturated rings. The number of isocyanates is 1. The van der Waals surface area contributed by atoms with Crippen LogP contribution in [0.5, 0.6) is 11.5 Å². The summed E-state index contributed by atoms with van der Waals surface area (Å²) < 4.78 is 10.2. The van der Waals surface area contributed by atoms with Crippen molar-refractivity contribution in [3.8, 4) is 11.5 Å². The van der Waals surface area contributed by atoms with E-state index in [2.05, 4.69) is 4.99 Å². The molecule has 0 N–H and O–H groups in total. The first-order valence-corrected chi connectivity index (χ1v) is 4.51. The summed E-state index contributed by atoms with van der Waals surface area (Å²) in [4.78, 5) is 24.2. The van der Waals surface area contributed by atoms with Crippen LogP contribution in [0.1, 0.15) is 15.9 Å². The van der Waals surface area contributed by atoms with Crippen molar-refractivity contribution >= 4 is 12.4 Å². The molecule has 5 heteroatoms. The third-order valence-corrected chi connectivity index (χ3v) is 2.07. The Labute approximate surface area is 92.7 Å². The number of aldehydes is 1. The maximum absolute atomic E-state index is 10.8. The highest BCUT2D eigenvalue weighted by molar-refractivity contribution is 5.81. The largest absolute Gasteiger partial charge is 0.492 e. The molecule has 0 unspecified atom stereocenters. The van der Waals surface area contributed by atoms with E-state index in [9.17, 15) is 9.59 Å². The zero-order valence-electron chi connectivity index (χ0n) is 9.02. The number of benzene rings is 1. The lowest BCUT2D eigenvalue weighted by Crippen LogP contribution is -1.99. The molecule has 84 valence electrons. The van der Waals surface area contributed by atoms with Gasteiger partial charge in [-0.05, 0) is 6.07 Å². The van der Waals surface area contributed by atoms with Crippen molar-refractivity contribution in [2.75, 3.05) is 14.2 Å². The van der Waals surface area contributed by atoms with E-state index in [1.54, 1.807) is 12.1 Å². The minimum Gasteiger partial charge on any atom is -0.492 e. The average Bonchev–Trinajstić information content (AvgIpc) is 2.34. The number of carbonyl (C=O) groups is 1. The molecule has 16 heavy (non-hydrogen) atoms. The van der Waals surface area contributed by atoms with Gasteiger partial charge in [-0.25, -0.2) is 9.79 Å². The third-order valence-electron chi connectivity index (χ3n) is 2.07. The number of aliphatic imine (C=N–C) groups is 1. The summed E-state index contributed by atoms with van der Waals surface area (Å²) in [6.07, 6.45) is 2.12. The van der Waals surface area contributed by atoms with Crippen LogP contribution in [0.3, 0.4) is 0 Å². The molecule has 5 nitrogen and oxygen atoms in total. The molecule has 0 radical (unpaired) electrons. The molecule has 0 saturated carbocycles. The maximum Gasteiger partial charge on any atom is 0.235 e. The summed E-state index contributed by atoms with van der Waals surface area (Å²) in [5, 5.41) is 0. The van der Waals surface area contributed by atoms with Crippen LogP contribution in [-0.4, -0.2) is 26.6 Å². The number of rotatable bonds is 5. The molecule has 1 rings (SSSR count). The molecule has 0 spiro atoms. The van der Waals surface area contributed by atoms with E-state index in [-0.39, 0.29) is 6.54 Å². The molecule has 0 aromatic heterocycles. The second-order valence-electron chi connectivity index (χ2n) is 2.91. The molecule has 0 atom stereocenters. The fourth-order valence-electron chi connectivity index (χ4n) is 1.39. The van der Waals surface area contributed by atoms with Gasteiger partial charge in [-0.2, -0.15) is 0 Å². The lowest BCUT2D eigenvalue weighted by molar-refractivity contribution is 0.112. The molecular weight excluding hydrogens is 210 g/mol. The van der Waals surface area contributed by atoms with Crippen molar-refractivity contribution in [2.24, 2.45) is 4.99 Å². The van der Waals surface area contributed by atoms with Crippen LogP contribution in [0.2, 0.25) is 0 Å². The molecule has 0 bridgehead atoms. The molecule has 0 aliphatic carbocycles. The van der Waals surface area contributed by atoms with Crippen LogP contribution in [0, 0.1) is 0 Å². The molecule has 0 saturated heterocycles. The Bertz CT molecular complexity index is 436. The predicted molar refractivity (Wildman–Crippen MR) is 56.8 cm³/mol. The zero-order valence-corrected chi connectivity index (χ0v) is 9.02. The Kier molecular flexibility index (Phi) is 4.24. The van der Waals surface area contributed by atoms with Crippen LogP contribution in [-0.2, 0) is 11.3 Å². The molecule has 1 aromatic rings. The van der Waals surface area contributed by atoms with Crippen LogP contribution in [0.15, 0.2) is 17.1 Å². The smallest absolute Gasteiger partial charge is 0.235 e. The minimum absolute atomic E-state index is 0.141. The summed E-state index contributed by atoms with van der Waals surface area (Å²) in [5.74, 6) is 0.752. The van der Waals surface area contributed by atoms with E-state index in [0.29, 0.717) is 28.9 Å². The summed E-state index contributed by atoms with van der Waals surface area (Å²) in [7, 11) is 2.90. The fourth-order valence-corrected chi connectivity index (χ4v) is 1.39. The van der Waals surface area contributed by atoms with Crippen molar-refractivity contribution in [1.82, 2.24) is 0 Å². The van der Waals surface area contributed by atoms with Gasteiger partial charge >= 0.3 is 0 Å². The molecule has 0 aliphatic rings. The van der Waals surface area contributed by atoms with E-state index >= 15 is 0 Å². The Hall–Kier alpha value is -2.13. The number of nitrogens with zero attached hydrogens (tertiary/aromatic N) is 1. The number of hydrogen-bond donors (Lipinski definition) is 0. The van der Waals surface area contributed by atoms with Gasteiger partial charge < -0.3 is 9.47 Å². The van der Waals surface area contributed by atoms with Crippen molar-refractivity contribution in [1.29, 1.82) is 0 Å². The van der Waals surface area contributed by atoms with Gasteiger partial charge in [0.2, 0.25) is 6.08 Å². The van der Waals surface area contributed by atoms with E-state index in [1.165, 1.54) is 20.3 Å². The Morgan fingerprint density at radius 2 is 2.00 bits per heavy atom. The van der Waals surface area contributed by atoms with Gasteiger partial charge in [0.25, 0.3) is 0 Å². The summed E-state index contributed by atoms with van der Waals surface area (Å²) in [5.41, 5.74) is 1.05. The monoisotopic (exact) mass is 221 g/mol. The van der Waals surface area contributed by atoms with Gasteiger partial charge in [0.1, 0.15) is 0 Å². The lowest BCUT2D eigenvalue weighted by Gasteiger charge is -2.12. The van der Waals surface area contributed by atoms with Crippen LogP contribution in [0.4, 0.5) is 0 Å². The number of ether oxygens (including phenoxy) is 2. The highest BCUT2D eigenvalue weighted by atomic mass is 16.5. The fraction of sp³-hybridized carbons (Fsp3) is 0.273. The van der Waals surface area contributed by atoms with Gasteiger partial charge in [-0.3, -0.25) is 4.79 Å². The second kappa shape index (κ2) is 5.68. The van der Waals surface area contributed by atoms with E-state index in [0.717, 1.165) is 0 Å². The first kappa shape index (κ1) is 11.9. The highest BCUT2D eigenvalue weighted by Crippen LogP contribution is 2.34. The van der Waals surface area contributed by atoms with Crippen molar-refractivity contribution in [3.05, 3.63) is 23.3 Å². The molecule has 0 amide bonds. The quantitative estimate of drug-likeness (QED) is 0.427. The van der Waals surface area contributed by atoms with Crippen LogP contribution in [0.25, 0.3) is 0 Å². The van der Waals surface area contributed by atoms with E-state index < -0.39 is 0 Å². The first-order chi connectivity index (χ1) is 7.78. The molecule has 1 aromatic carbocycles. The van der Waals surface area contributed by atoms with Crippen molar-refractivity contribution in [3.63, 3.8) is 0 Å². The molecule has 0 heterocycles. The van der Waals surface area contributed by atoms with Crippen molar-refractivity contribution < 1.29 is 19.1 Å². The highest BCUT2D eigenvalue weighted by Gasteiger charge is 2.13. The number of hydrogen-bond acceptors (Lipinski definition) is 5. The predicted octanol–water partition coefficient (Wildman–Crippen LogP) is 1.35. The third kappa shape index (κ3) is 2.27. The van der Waals surface area contributed by atoms with E-state index in [4.69, 9.17) is 9.47 Å². The summed E-state index contributed by atoms with van der Waals surface area (Å²) >= 11 is 0. The second-order valence-corrected chi connectivity index (χ2v) is 2.91. The average molecular weight is 221 g/mol. The van der Waals surface area contributed by atoms with Crippen LogP contribution >= 0.6 is 0 Å². The maximum atomic E-state index is 10.8. The van der Waals surface area contributed by atoms with Gasteiger partial charge in [-0.15, -0.1) is 0 Å². The van der Waals surface area contributed by atoms with Crippen molar-refractivity contribution in [2.45, 2.75) is 6.54 Å². The lowest BCUT2D eigenvalue weighted by atomic mass is 10.1. The SMILES string of the molecule is COc1c(C=O)ccc(CN=C=O)c1OC. The number of methoxy groups -OCH3 is 2. The zero-order chi connectivity index (χ0) is 12.0. The van der Waals surface area contributed by atoms with Gasteiger partial charge in [0.15, 0.2) is 17.8 Å². The van der Waals surface area contributed by atoms with E-state index in [1.807, 2.05) is 0 Å².